The number of nitrogens with zero attached hydrogens (tertiary/aromatic N) is 3. The summed E-state index contributed by atoms with van der Waals surface area (Å²) in [5, 5.41) is 12.6. The van der Waals surface area contributed by atoms with E-state index in [0.29, 0.717) is 5.92 Å². The Labute approximate surface area is 130 Å². The molecule has 1 aliphatic rings. The number of aliphatic hydroxyl groups excluding tert-OH is 1. The zero-order chi connectivity index (χ0) is 14.7. The number of thiophene rings is 1. The molecule has 4 nitrogen and oxygen atoms in total. The first kappa shape index (κ1) is 14.8. The van der Waals surface area contributed by atoms with E-state index in [1.165, 1.54) is 4.88 Å². The molecule has 5 heteroatoms. The van der Waals surface area contributed by atoms with Crippen LogP contribution in [0.4, 0.5) is 0 Å². The number of aromatic nitrogens is 2. The normalized spacial score (nSPS) is 19.0. The first-order valence-electron chi connectivity index (χ1n) is 7.64. The monoisotopic (exact) mass is 305 g/mol. The van der Waals surface area contributed by atoms with Crippen LogP contribution in [0.25, 0.3) is 0 Å². The average molecular weight is 305 g/mol. The SMILES string of the molecule is Cn1ccnc1[C@H](O)C1CCN(CCc2cccs2)CC1. The van der Waals surface area contributed by atoms with Crippen molar-refractivity contribution < 1.29 is 5.11 Å². The van der Waals surface area contributed by atoms with Gasteiger partial charge in [0.05, 0.1) is 0 Å². The lowest BCUT2D eigenvalue weighted by atomic mass is 9.90. The van der Waals surface area contributed by atoms with Gasteiger partial charge in [-0.15, -0.1) is 11.3 Å². The fourth-order valence-electron chi connectivity index (χ4n) is 3.09. The second-order valence-corrected chi connectivity index (χ2v) is 6.88. The molecule has 1 N–H and O–H groups in total. The third-order valence-electron chi connectivity index (χ3n) is 4.46. The molecule has 0 saturated carbocycles. The van der Waals surface area contributed by atoms with Crippen molar-refractivity contribution in [3.8, 4) is 0 Å². The standard InChI is InChI=1S/C16H23N3OS/c1-18-11-7-17-16(18)15(20)13-4-8-19(9-5-13)10-6-14-3-2-12-21-14/h2-3,7,11-13,15,20H,4-6,8-10H2,1H3/t15-/m1/s1. The third kappa shape index (κ3) is 3.54. The van der Waals surface area contributed by atoms with Gasteiger partial charge in [0, 0.05) is 30.9 Å². The van der Waals surface area contributed by atoms with Crippen LogP contribution in [0.15, 0.2) is 29.9 Å². The molecule has 21 heavy (non-hydrogen) atoms. The van der Waals surface area contributed by atoms with Gasteiger partial charge in [-0.2, -0.15) is 0 Å². The summed E-state index contributed by atoms with van der Waals surface area (Å²) >= 11 is 1.84. The minimum absolute atomic E-state index is 0.337. The van der Waals surface area contributed by atoms with Crippen LogP contribution < -0.4 is 0 Å². The molecule has 0 aliphatic carbocycles. The number of piperidine rings is 1. The zero-order valence-electron chi connectivity index (χ0n) is 12.5. The maximum absolute atomic E-state index is 10.5. The summed E-state index contributed by atoms with van der Waals surface area (Å²) in [6.07, 6.45) is 6.48. The van der Waals surface area contributed by atoms with Crippen LogP contribution in [0.3, 0.4) is 0 Å². The molecule has 0 unspecified atom stereocenters. The summed E-state index contributed by atoms with van der Waals surface area (Å²) in [4.78, 5) is 8.26. The van der Waals surface area contributed by atoms with Crippen LogP contribution >= 0.6 is 11.3 Å². The van der Waals surface area contributed by atoms with Crippen LogP contribution in [0.5, 0.6) is 0 Å². The van der Waals surface area contributed by atoms with Crippen LogP contribution in [0, 0.1) is 5.92 Å². The second kappa shape index (κ2) is 6.73. The van der Waals surface area contributed by atoms with Gasteiger partial charge in [0.25, 0.3) is 0 Å². The Balaban J connectivity index is 1.47. The molecule has 3 rings (SSSR count). The van der Waals surface area contributed by atoms with Gasteiger partial charge in [0.15, 0.2) is 0 Å². The smallest absolute Gasteiger partial charge is 0.137 e. The minimum atomic E-state index is -0.426. The number of hydrogen-bond donors (Lipinski definition) is 1. The lowest BCUT2D eigenvalue weighted by molar-refractivity contribution is 0.0515. The highest BCUT2D eigenvalue weighted by Crippen LogP contribution is 2.29. The Kier molecular flexibility index (Phi) is 4.73. The van der Waals surface area contributed by atoms with E-state index in [1.54, 1.807) is 6.20 Å². The molecule has 0 bridgehead atoms. The molecule has 0 aromatic carbocycles. The molecule has 1 atom stereocenters. The molecule has 0 radical (unpaired) electrons. The number of imidazole rings is 1. The first-order valence-corrected chi connectivity index (χ1v) is 8.52. The van der Waals surface area contributed by atoms with Crippen molar-refractivity contribution in [1.29, 1.82) is 0 Å². The van der Waals surface area contributed by atoms with Gasteiger partial charge >= 0.3 is 0 Å². The maximum Gasteiger partial charge on any atom is 0.137 e. The molecule has 1 aliphatic heterocycles. The zero-order valence-corrected chi connectivity index (χ0v) is 13.3. The predicted molar refractivity (Wildman–Crippen MR) is 85.4 cm³/mol. The van der Waals surface area contributed by atoms with E-state index in [4.69, 9.17) is 0 Å². The molecule has 0 spiro atoms. The van der Waals surface area contributed by atoms with Gasteiger partial charge in [-0.25, -0.2) is 4.98 Å². The molecule has 0 amide bonds. The van der Waals surface area contributed by atoms with E-state index in [-0.39, 0.29) is 0 Å². The van der Waals surface area contributed by atoms with E-state index >= 15 is 0 Å². The lowest BCUT2D eigenvalue weighted by Gasteiger charge is -2.33. The number of likely N-dealkylation sites (tertiary alicyclic amines) is 1. The summed E-state index contributed by atoms with van der Waals surface area (Å²) in [6.45, 7) is 3.29. The highest BCUT2D eigenvalue weighted by molar-refractivity contribution is 7.09. The first-order chi connectivity index (χ1) is 10.2. The topological polar surface area (TPSA) is 41.3 Å². The maximum atomic E-state index is 10.5. The summed E-state index contributed by atoms with van der Waals surface area (Å²) in [6, 6.07) is 4.33. The van der Waals surface area contributed by atoms with Crippen molar-refractivity contribution in [3.05, 3.63) is 40.6 Å². The molecule has 2 aromatic rings. The number of rotatable bonds is 5. The van der Waals surface area contributed by atoms with Crippen molar-refractivity contribution in [2.24, 2.45) is 13.0 Å². The van der Waals surface area contributed by atoms with Gasteiger partial charge in [-0.3, -0.25) is 0 Å². The van der Waals surface area contributed by atoms with Crippen LogP contribution in [0.1, 0.15) is 29.6 Å². The van der Waals surface area contributed by atoms with Crippen LogP contribution in [-0.4, -0.2) is 39.2 Å². The Morgan fingerprint density at radius 3 is 2.86 bits per heavy atom. The quantitative estimate of drug-likeness (QED) is 0.922. The number of aliphatic hydroxyl groups is 1. The van der Waals surface area contributed by atoms with Gasteiger partial charge in [-0.05, 0) is 49.7 Å². The number of aryl methyl sites for hydroxylation is 1. The molecule has 1 fully saturated rings. The summed E-state index contributed by atoms with van der Waals surface area (Å²) in [5.74, 6) is 1.14. The summed E-state index contributed by atoms with van der Waals surface area (Å²) < 4.78 is 1.92. The number of hydrogen-bond acceptors (Lipinski definition) is 4. The Morgan fingerprint density at radius 2 is 2.24 bits per heavy atom. The lowest BCUT2D eigenvalue weighted by Crippen LogP contribution is -2.37. The molecule has 1 saturated heterocycles. The van der Waals surface area contributed by atoms with Gasteiger partial charge in [0.1, 0.15) is 11.9 Å². The van der Waals surface area contributed by atoms with E-state index < -0.39 is 6.10 Å². The second-order valence-electron chi connectivity index (χ2n) is 5.85. The van der Waals surface area contributed by atoms with E-state index in [2.05, 4.69) is 27.4 Å². The third-order valence-corrected chi connectivity index (χ3v) is 5.39. The van der Waals surface area contributed by atoms with E-state index in [1.807, 2.05) is 29.1 Å². The van der Waals surface area contributed by atoms with Crippen molar-refractivity contribution in [3.63, 3.8) is 0 Å². The van der Waals surface area contributed by atoms with Crippen molar-refractivity contribution in [2.45, 2.75) is 25.4 Å². The van der Waals surface area contributed by atoms with E-state index in [9.17, 15) is 5.11 Å². The summed E-state index contributed by atoms with van der Waals surface area (Å²) in [5.41, 5.74) is 0. The average Bonchev–Trinajstić information content (AvgIpc) is 3.16. The van der Waals surface area contributed by atoms with Crippen molar-refractivity contribution >= 4 is 11.3 Å². The Bertz CT molecular complexity index is 544. The van der Waals surface area contributed by atoms with Gasteiger partial charge < -0.3 is 14.6 Å². The largest absolute Gasteiger partial charge is 0.385 e. The van der Waals surface area contributed by atoms with Gasteiger partial charge in [0.2, 0.25) is 0 Å². The molecule has 114 valence electrons. The Morgan fingerprint density at radius 1 is 1.43 bits per heavy atom. The molecule has 2 aromatic heterocycles. The fraction of sp³-hybridized carbons (Fsp3) is 0.562. The van der Waals surface area contributed by atoms with E-state index in [0.717, 1.165) is 44.7 Å². The van der Waals surface area contributed by atoms with Gasteiger partial charge in [-0.1, -0.05) is 6.07 Å². The highest BCUT2D eigenvalue weighted by Gasteiger charge is 2.28. The van der Waals surface area contributed by atoms with Crippen LogP contribution in [0.2, 0.25) is 0 Å². The Hall–Kier alpha value is -1.17. The van der Waals surface area contributed by atoms with Crippen LogP contribution in [-0.2, 0) is 13.5 Å². The highest BCUT2D eigenvalue weighted by atomic mass is 32.1. The summed E-state index contributed by atoms with van der Waals surface area (Å²) in [7, 11) is 1.95. The van der Waals surface area contributed by atoms with Crippen molar-refractivity contribution in [1.82, 2.24) is 14.5 Å². The molecular formula is C16H23N3OS. The fourth-order valence-corrected chi connectivity index (χ4v) is 3.79. The van der Waals surface area contributed by atoms with Crippen molar-refractivity contribution in [2.75, 3.05) is 19.6 Å². The molecular weight excluding hydrogens is 282 g/mol. The predicted octanol–water partition coefficient (Wildman–Crippen LogP) is 2.47. The minimum Gasteiger partial charge on any atom is -0.385 e. The molecule has 3 heterocycles.